The van der Waals surface area contributed by atoms with Gasteiger partial charge >= 0.3 is 11.9 Å². The van der Waals surface area contributed by atoms with E-state index in [0.717, 1.165) is 11.1 Å². The van der Waals surface area contributed by atoms with Crippen molar-refractivity contribution in [3.8, 4) is 0 Å². The molecule has 5 heteroatoms. The van der Waals surface area contributed by atoms with Crippen LogP contribution in [0.4, 0.5) is 0 Å². The summed E-state index contributed by atoms with van der Waals surface area (Å²) in [6, 6.07) is 0. The van der Waals surface area contributed by atoms with Gasteiger partial charge in [0.1, 0.15) is 0 Å². The summed E-state index contributed by atoms with van der Waals surface area (Å²) >= 11 is 0. The molecule has 0 saturated carbocycles. The topological polar surface area (TPSA) is 83.8 Å². The summed E-state index contributed by atoms with van der Waals surface area (Å²) in [7, 11) is 0. The Morgan fingerprint density at radius 3 is 2.07 bits per heavy atom. The van der Waals surface area contributed by atoms with E-state index in [0.29, 0.717) is 0 Å². The lowest BCUT2D eigenvalue weighted by Crippen LogP contribution is -2.51. The standard InChI is InChI=1S/C9H12O5/c1-5-3-9(7(10)11,8(12)13)14-4-6(5)2/h3-4H2,1-2H3,(H,10,11)(H,12,13). The normalized spacial score (nSPS) is 20.7. The highest BCUT2D eigenvalue weighted by Crippen LogP contribution is 2.29. The second-order valence-electron chi connectivity index (χ2n) is 3.46. The van der Waals surface area contributed by atoms with Gasteiger partial charge in [-0.25, -0.2) is 9.59 Å². The molecule has 0 aromatic carbocycles. The van der Waals surface area contributed by atoms with Crippen LogP contribution in [0.1, 0.15) is 20.3 Å². The van der Waals surface area contributed by atoms with Crippen LogP contribution in [0, 0.1) is 0 Å². The Labute approximate surface area is 81.0 Å². The number of aliphatic carboxylic acids is 2. The van der Waals surface area contributed by atoms with Crippen molar-refractivity contribution in [2.24, 2.45) is 0 Å². The van der Waals surface area contributed by atoms with Crippen LogP contribution in [0.5, 0.6) is 0 Å². The quantitative estimate of drug-likeness (QED) is 0.505. The van der Waals surface area contributed by atoms with Gasteiger partial charge < -0.3 is 14.9 Å². The zero-order valence-corrected chi connectivity index (χ0v) is 8.03. The first-order valence-electron chi connectivity index (χ1n) is 4.16. The Bertz CT molecular complexity index is 301. The summed E-state index contributed by atoms with van der Waals surface area (Å²) in [5.74, 6) is -2.89. The molecular formula is C9H12O5. The number of carboxylic acids is 2. The molecule has 78 valence electrons. The van der Waals surface area contributed by atoms with E-state index in [-0.39, 0.29) is 13.0 Å². The van der Waals surface area contributed by atoms with Gasteiger partial charge in [-0.15, -0.1) is 0 Å². The van der Waals surface area contributed by atoms with Crippen LogP contribution < -0.4 is 0 Å². The smallest absolute Gasteiger partial charge is 0.348 e. The fourth-order valence-electron chi connectivity index (χ4n) is 1.30. The molecule has 0 fully saturated rings. The minimum atomic E-state index is -2.09. The molecule has 0 aromatic rings. The lowest BCUT2D eigenvalue weighted by atomic mass is 9.90. The molecule has 0 aliphatic carbocycles. The Hall–Kier alpha value is -1.36. The van der Waals surface area contributed by atoms with E-state index < -0.39 is 17.5 Å². The zero-order valence-electron chi connectivity index (χ0n) is 8.03. The van der Waals surface area contributed by atoms with E-state index in [1.807, 2.05) is 0 Å². The maximum atomic E-state index is 10.8. The number of ether oxygens (including phenoxy) is 1. The van der Waals surface area contributed by atoms with Crippen molar-refractivity contribution in [1.29, 1.82) is 0 Å². The van der Waals surface area contributed by atoms with Gasteiger partial charge in [0.25, 0.3) is 5.60 Å². The fourth-order valence-corrected chi connectivity index (χ4v) is 1.30. The van der Waals surface area contributed by atoms with E-state index in [9.17, 15) is 9.59 Å². The molecule has 1 aliphatic heterocycles. The minimum absolute atomic E-state index is 0.0600. The Morgan fingerprint density at radius 1 is 1.21 bits per heavy atom. The van der Waals surface area contributed by atoms with Gasteiger partial charge in [0.15, 0.2) is 0 Å². The molecule has 1 heterocycles. The molecule has 5 nitrogen and oxygen atoms in total. The highest BCUT2D eigenvalue weighted by atomic mass is 16.6. The average molecular weight is 200 g/mol. The monoisotopic (exact) mass is 200 g/mol. The molecular weight excluding hydrogens is 188 g/mol. The Kier molecular flexibility index (Phi) is 2.62. The predicted octanol–water partition coefficient (Wildman–Crippen LogP) is 0.651. The fraction of sp³-hybridized carbons (Fsp3) is 0.556. The van der Waals surface area contributed by atoms with E-state index >= 15 is 0 Å². The van der Waals surface area contributed by atoms with Crippen LogP contribution >= 0.6 is 0 Å². The number of rotatable bonds is 2. The van der Waals surface area contributed by atoms with Crippen molar-refractivity contribution in [1.82, 2.24) is 0 Å². The summed E-state index contributed by atoms with van der Waals surface area (Å²) in [6.07, 6.45) is -0.0938. The lowest BCUT2D eigenvalue weighted by Gasteiger charge is -2.30. The number of carbonyl (C=O) groups is 2. The summed E-state index contributed by atoms with van der Waals surface area (Å²) in [5, 5.41) is 17.7. The highest BCUT2D eigenvalue weighted by molar-refractivity contribution is 6.02. The lowest BCUT2D eigenvalue weighted by molar-refractivity contribution is -0.183. The Balaban J connectivity index is 3.07. The van der Waals surface area contributed by atoms with Crippen molar-refractivity contribution < 1.29 is 24.5 Å². The maximum absolute atomic E-state index is 10.8. The molecule has 0 radical (unpaired) electrons. The number of hydrogen-bond donors (Lipinski definition) is 2. The molecule has 0 unspecified atom stereocenters. The summed E-state index contributed by atoms with van der Waals surface area (Å²) in [5.41, 5.74) is -0.437. The third-order valence-corrected chi connectivity index (χ3v) is 2.47. The molecule has 0 atom stereocenters. The van der Waals surface area contributed by atoms with Crippen LogP contribution in [0.15, 0.2) is 11.1 Å². The molecule has 0 aromatic heterocycles. The van der Waals surface area contributed by atoms with Crippen molar-refractivity contribution in [2.45, 2.75) is 25.9 Å². The van der Waals surface area contributed by atoms with Crippen LogP contribution in [-0.4, -0.2) is 34.4 Å². The summed E-state index contributed by atoms with van der Waals surface area (Å²) in [4.78, 5) is 21.7. The zero-order chi connectivity index (χ0) is 10.9. The molecule has 0 amide bonds. The Morgan fingerprint density at radius 2 is 1.71 bits per heavy atom. The largest absolute Gasteiger partial charge is 0.479 e. The van der Waals surface area contributed by atoms with Gasteiger partial charge in [-0.3, -0.25) is 0 Å². The van der Waals surface area contributed by atoms with E-state index in [4.69, 9.17) is 14.9 Å². The minimum Gasteiger partial charge on any atom is -0.479 e. The van der Waals surface area contributed by atoms with Crippen LogP contribution in [0.25, 0.3) is 0 Å². The van der Waals surface area contributed by atoms with Crippen molar-refractivity contribution >= 4 is 11.9 Å². The molecule has 2 N–H and O–H groups in total. The van der Waals surface area contributed by atoms with Crippen LogP contribution in [-0.2, 0) is 14.3 Å². The van der Waals surface area contributed by atoms with Crippen molar-refractivity contribution in [3.05, 3.63) is 11.1 Å². The van der Waals surface area contributed by atoms with Gasteiger partial charge in [-0.05, 0) is 19.4 Å². The van der Waals surface area contributed by atoms with Crippen LogP contribution in [0.3, 0.4) is 0 Å². The average Bonchev–Trinajstić information content (AvgIpc) is 2.09. The molecule has 1 rings (SSSR count). The predicted molar refractivity (Wildman–Crippen MR) is 46.9 cm³/mol. The van der Waals surface area contributed by atoms with Gasteiger partial charge in [-0.1, -0.05) is 5.57 Å². The number of hydrogen-bond acceptors (Lipinski definition) is 3. The molecule has 0 spiro atoms. The third-order valence-electron chi connectivity index (χ3n) is 2.47. The van der Waals surface area contributed by atoms with E-state index in [1.165, 1.54) is 0 Å². The maximum Gasteiger partial charge on any atom is 0.348 e. The second kappa shape index (κ2) is 3.42. The summed E-state index contributed by atoms with van der Waals surface area (Å²) < 4.78 is 4.91. The van der Waals surface area contributed by atoms with E-state index in [1.54, 1.807) is 13.8 Å². The molecule has 0 bridgehead atoms. The third kappa shape index (κ3) is 1.50. The summed E-state index contributed by atoms with van der Waals surface area (Å²) in [6.45, 7) is 3.58. The van der Waals surface area contributed by atoms with Crippen molar-refractivity contribution in [3.63, 3.8) is 0 Å². The SMILES string of the molecule is CC1=C(C)CC(C(=O)O)(C(=O)O)OC1. The van der Waals surface area contributed by atoms with Crippen LogP contribution in [0.2, 0.25) is 0 Å². The van der Waals surface area contributed by atoms with Gasteiger partial charge in [0, 0.05) is 6.42 Å². The number of carboxylic acid groups (broad SMARTS) is 2. The molecule has 0 saturated heterocycles. The van der Waals surface area contributed by atoms with Gasteiger partial charge in [0.05, 0.1) is 6.61 Å². The van der Waals surface area contributed by atoms with Gasteiger partial charge in [0.2, 0.25) is 0 Å². The first-order valence-corrected chi connectivity index (χ1v) is 4.16. The highest BCUT2D eigenvalue weighted by Gasteiger charge is 2.50. The van der Waals surface area contributed by atoms with E-state index in [2.05, 4.69) is 0 Å². The molecule has 14 heavy (non-hydrogen) atoms. The first-order chi connectivity index (χ1) is 6.40. The first kappa shape index (κ1) is 10.7. The molecule has 1 aliphatic rings. The van der Waals surface area contributed by atoms with Crippen molar-refractivity contribution in [2.75, 3.05) is 6.61 Å². The second-order valence-corrected chi connectivity index (χ2v) is 3.46. The van der Waals surface area contributed by atoms with Gasteiger partial charge in [-0.2, -0.15) is 0 Å².